The molecule has 0 aromatic rings. The van der Waals surface area contributed by atoms with E-state index < -0.39 is 15.8 Å². The molecule has 2 aliphatic rings. The second-order valence-corrected chi connectivity index (χ2v) is 3.98. The van der Waals surface area contributed by atoms with Crippen molar-refractivity contribution in [1.82, 2.24) is 0 Å². The van der Waals surface area contributed by atoms with Crippen LogP contribution in [-0.2, 0) is 19.5 Å². The van der Waals surface area contributed by atoms with Crippen LogP contribution < -0.4 is 0 Å². The molecule has 1 fully saturated rings. The van der Waals surface area contributed by atoms with Gasteiger partial charge in [-0.15, -0.1) is 0 Å². The van der Waals surface area contributed by atoms with E-state index >= 15 is 0 Å². The first kappa shape index (κ1) is 7.90. The van der Waals surface area contributed by atoms with Crippen molar-refractivity contribution in [1.29, 1.82) is 0 Å². The Morgan fingerprint density at radius 2 is 2.00 bits per heavy atom. The van der Waals surface area contributed by atoms with Crippen molar-refractivity contribution in [2.45, 2.75) is 5.79 Å². The topological polar surface area (TPSA) is 65.0 Å². The lowest BCUT2D eigenvalue weighted by atomic mass is 10.3. The highest BCUT2D eigenvalue weighted by Crippen LogP contribution is 2.22. The molecule has 0 radical (unpaired) electrons. The average Bonchev–Trinajstić information content (AvgIpc) is 2.46. The van der Waals surface area contributed by atoms with E-state index in [0.717, 1.165) is 11.6 Å². The Kier molecular flexibility index (Phi) is 1.57. The molecule has 0 bridgehead atoms. The summed E-state index contributed by atoms with van der Waals surface area (Å²) in [5, 5.41) is 0.984. The van der Waals surface area contributed by atoms with Crippen LogP contribution in [0.2, 0.25) is 0 Å². The summed E-state index contributed by atoms with van der Waals surface area (Å²) in [6.07, 6.45) is 2.51. The molecule has 0 aromatic heterocycles. The Balaban J connectivity index is 2.31. The minimum absolute atomic E-state index is 0.455. The maximum atomic E-state index is 10.8. The van der Waals surface area contributed by atoms with Crippen molar-refractivity contribution in [3.8, 4) is 0 Å². The van der Waals surface area contributed by atoms with Gasteiger partial charge in [-0.2, -0.15) is 12.8 Å². The molecule has 66 valence electrons. The van der Waals surface area contributed by atoms with Crippen LogP contribution in [0.4, 0.5) is 0 Å². The van der Waals surface area contributed by atoms with Crippen LogP contribution in [0.15, 0.2) is 15.9 Å². The monoisotopic (exact) mass is 189 g/mol. The van der Waals surface area contributed by atoms with Gasteiger partial charge in [-0.3, -0.25) is 0 Å². The highest BCUT2D eigenvalue weighted by atomic mass is 32.2. The quantitative estimate of drug-likeness (QED) is 0.522. The fourth-order valence-electron chi connectivity index (χ4n) is 1.02. The van der Waals surface area contributed by atoms with Crippen LogP contribution in [0.3, 0.4) is 0 Å². The first-order valence-electron chi connectivity index (χ1n) is 3.41. The van der Waals surface area contributed by atoms with Gasteiger partial charge in [-0.25, -0.2) is 0 Å². The van der Waals surface area contributed by atoms with E-state index in [-0.39, 0.29) is 0 Å². The van der Waals surface area contributed by atoms with E-state index in [2.05, 4.69) is 4.40 Å². The molecule has 1 spiro atoms. The summed E-state index contributed by atoms with van der Waals surface area (Å²) < 4.78 is 35.2. The Bertz CT molecular complexity index is 315. The lowest BCUT2D eigenvalue weighted by molar-refractivity contribution is -0.0523. The number of sulfonamides is 1. The van der Waals surface area contributed by atoms with Gasteiger partial charge in [-0.1, -0.05) is 0 Å². The lowest BCUT2D eigenvalue weighted by Gasteiger charge is -2.19. The second-order valence-electron chi connectivity index (χ2n) is 2.47. The largest absolute Gasteiger partial charge is 0.339 e. The summed E-state index contributed by atoms with van der Waals surface area (Å²) in [4.78, 5) is 0. The number of hydrogen-bond acceptors (Lipinski definition) is 4. The van der Waals surface area contributed by atoms with Crippen LogP contribution in [0.1, 0.15) is 0 Å². The fraction of sp³-hybridized carbons (Fsp3) is 0.500. The zero-order valence-corrected chi connectivity index (χ0v) is 6.95. The zero-order chi connectivity index (χ0) is 8.66. The minimum atomic E-state index is -3.42. The molecule has 2 heterocycles. The van der Waals surface area contributed by atoms with Crippen molar-refractivity contribution >= 4 is 16.2 Å². The summed E-state index contributed by atoms with van der Waals surface area (Å²) in [6.45, 7) is 0.910. The number of nitrogens with zero attached hydrogens (tertiary/aromatic N) is 1. The van der Waals surface area contributed by atoms with Crippen LogP contribution in [0.5, 0.6) is 0 Å². The first-order chi connectivity index (χ1) is 5.62. The molecule has 0 unspecified atom stereocenters. The molecule has 0 aromatic carbocycles. The van der Waals surface area contributed by atoms with Crippen molar-refractivity contribution in [2.24, 2.45) is 4.40 Å². The molecule has 5 nitrogen and oxygen atoms in total. The highest BCUT2D eigenvalue weighted by Gasteiger charge is 2.35. The second kappa shape index (κ2) is 2.38. The van der Waals surface area contributed by atoms with Crippen LogP contribution in [-0.4, -0.2) is 33.6 Å². The summed E-state index contributed by atoms with van der Waals surface area (Å²) in [5.74, 6) is -1.02. The van der Waals surface area contributed by atoms with E-state index in [9.17, 15) is 8.42 Å². The van der Waals surface area contributed by atoms with Gasteiger partial charge in [0.2, 0.25) is 5.79 Å². The standard InChI is InChI=1S/C6H7NO4S/c8-12(9)4-1-6(5-7-12)10-2-3-11-6/h1,4-5H,2-3H2. The molecule has 2 aliphatic heterocycles. The van der Waals surface area contributed by atoms with Gasteiger partial charge in [0.25, 0.3) is 10.0 Å². The van der Waals surface area contributed by atoms with Gasteiger partial charge < -0.3 is 9.47 Å². The van der Waals surface area contributed by atoms with Crippen molar-refractivity contribution < 1.29 is 17.9 Å². The third-order valence-corrected chi connectivity index (χ3v) is 2.47. The van der Waals surface area contributed by atoms with Crippen molar-refractivity contribution in [3.63, 3.8) is 0 Å². The summed E-state index contributed by atoms with van der Waals surface area (Å²) in [6, 6.07) is 0. The van der Waals surface area contributed by atoms with Gasteiger partial charge in [0.1, 0.15) is 0 Å². The molecule has 2 rings (SSSR count). The average molecular weight is 189 g/mol. The van der Waals surface area contributed by atoms with Crippen LogP contribution >= 0.6 is 0 Å². The Labute approximate surface area is 69.7 Å². The highest BCUT2D eigenvalue weighted by molar-refractivity contribution is 7.93. The minimum Gasteiger partial charge on any atom is -0.339 e. The number of rotatable bonds is 0. The molecule has 12 heavy (non-hydrogen) atoms. The van der Waals surface area contributed by atoms with Crippen LogP contribution in [0, 0.1) is 0 Å². The van der Waals surface area contributed by atoms with E-state index in [1.54, 1.807) is 0 Å². The molecule has 0 atom stereocenters. The molecule has 0 aliphatic carbocycles. The lowest BCUT2D eigenvalue weighted by Crippen LogP contribution is -2.31. The molecule has 0 N–H and O–H groups in total. The predicted molar refractivity (Wildman–Crippen MR) is 41.2 cm³/mol. The summed E-state index contributed by atoms with van der Waals surface area (Å²) in [7, 11) is -3.42. The summed E-state index contributed by atoms with van der Waals surface area (Å²) >= 11 is 0. The van der Waals surface area contributed by atoms with Crippen LogP contribution in [0.25, 0.3) is 0 Å². The van der Waals surface area contributed by atoms with E-state index in [1.807, 2.05) is 0 Å². The number of hydrogen-bond donors (Lipinski definition) is 0. The maximum Gasteiger partial charge on any atom is 0.275 e. The Morgan fingerprint density at radius 1 is 1.33 bits per heavy atom. The van der Waals surface area contributed by atoms with Gasteiger partial charge in [0.05, 0.1) is 24.8 Å². The maximum absolute atomic E-state index is 10.8. The smallest absolute Gasteiger partial charge is 0.275 e. The zero-order valence-electron chi connectivity index (χ0n) is 6.13. The first-order valence-corrected chi connectivity index (χ1v) is 4.91. The van der Waals surface area contributed by atoms with E-state index in [1.165, 1.54) is 6.08 Å². The molecule has 0 amide bonds. The van der Waals surface area contributed by atoms with Crippen molar-refractivity contribution in [3.05, 3.63) is 11.5 Å². The predicted octanol–water partition coefficient (Wildman–Crippen LogP) is -0.343. The van der Waals surface area contributed by atoms with Gasteiger partial charge in [0, 0.05) is 0 Å². The van der Waals surface area contributed by atoms with E-state index in [4.69, 9.17) is 9.47 Å². The third kappa shape index (κ3) is 1.28. The molecule has 6 heteroatoms. The SMILES string of the molecule is O=S1(=O)C=CC2(C=N1)OCCO2. The van der Waals surface area contributed by atoms with Gasteiger partial charge in [0.15, 0.2) is 0 Å². The van der Waals surface area contributed by atoms with Gasteiger partial charge >= 0.3 is 0 Å². The molecular weight excluding hydrogens is 182 g/mol. The van der Waals surface area contributed by atoms with Crippen molar-refractivity contribution in [2.75, 3.05) is 13.2 Å². The third-order valence-electron chi connectivity index (χ3n) is 1.59. The normalized spacial score (nSPS) is 29.7. The Hall–Kier alpha value is -0.720. The number of ether oxygens (including phenoxy) is 2. The fourth-order valence-corrected chi connectivity index (χ4v) is 1.75. The molecular formula is C6H7NO4S. The van der Waals surface area contributed by atoms with Gasteiger partial charge in [-0.05, 0) is 6.08 Å². The Morgan fingerprint density at radius 3 is 2.50 bits per heavy atom. The molecule has 0 saturated carbocycles. The van der Waals surface area contributed by atoms with E-state index in [0.29, 0.717) is 13.2 Å². The molecule has 1 saturated heterocycles. The summed E-state index contributed by atoms with van der Waals surface area (Å²) in [5.41, 5.74) is 0.